The molecule has 3 N–H and O–H groups in total. The van der Waals surface area contributed by atoms with Crippen molar-refractivity contribution in [1.82, 2.24) is 14.3 Å². The van der Waals surface area contributed by atoms with Gasteiger partial charge in [0.2, 0.25) is 5.91 Å². The molecular formula is C17H21N5O2S. The Hall–Kier alpha value is -2.16. The van der Waals surface area contributed by atoms with Gasteiger partial charge in [-0.25, -0.2) is 14.3 Å². The molecule has 0 radical (unpaired) electrons. The fraction of sp³-hybridized carbons (Fsp3) is 0.353. The van der Waals surface area contributed by atoms with Crippen molar-refractivity contribution in [3.63, 3.8) is 0 Å². The van der Waals surface area contributed by atoms with Gasteiger partial charge < -0.3 is 15.8 Å². The highest BCUT2D eigenvalue weighted by Crippen LogP contribution is 2.31. The largest absolute Gasteiger partial charge is 0.383 e. The molecule has 1 aliphatic rings. The number of rotatable bonds is 5. The van der Waals surface area contributed by atoms with Crippen LogP contribution in [0.4, 0.5) is 11.6 Å². The minimum absolute atomic E-state index is 0.0661. The summed E-state index contributed by atoms with van der Waals surface area (Å²) in [5.41, 5.74) is 7.90. The zero-order chi connectivity index (χ0) is 17.6. The summed E-state index contributed by atoms with van der Waals surface area (Å²) in [6, 6.07) is 5.74. The molecule has 0 saturated carbocycles. The summed E-state index contributed by atoms with van der Waals surface area (Å²) in [5, 5.41) is 2.77. The third-order valence-electron chi connectivity index (χ3n) is 3.76. The van der Waals surface area contributed by atoms with Crippen LogP contribution < -0.4 is 11.1 Å². The number of ether oxygens (including phenoxy) is 1. The Labute approximate surface area is 151 Å². The van der Waals surface area contributed by atoms with Gasteiger partial charge in [-0.15, -0.1) is 0 Å². The maximum Gasteiger partial charge on any atom is 0.225 e. The molecule has 3 rings (SSSR count). The van der Waals surface area contributed by atoms with Gasteiger partial charge in [-0.3, -0.25) is 4.79 Å². The molecule has 3 heterocycles. The van der Waals surface area contributed by atoms with Crippen molar-refractivity contribution in [3.05, 3.63) is 30.6 Å². The molecule has 0 spiro atoms. The molecule has 0 aliphatic carbocycles. The molecule has 0 bridgehead atoms. The Bertz CT molecular complexity index is 750. The van der Waals surface area contributed by atoms with E-state index < -0.39 is 0 Å². The SMILES string of the molecule is CCC(=O)Nc1cc(-c2cnc(N)c(SN3CCOCC3)c2)ccn1. The number of morpholine rings is 1. The molecule has 132 valence electrons. The smallest absolute Gasteiger partial charge is 0.225 e. The Morgan fingerprint density at radius 1 is 1.32 bits per heavy atom. The second kappa shape index (κ2) is 8.28. The van der Waals surface area contributed by atoms with E-state index in [2.05, 4.69) is 19.6 Å². The lowest BCUT2D eigenvalue weighted by molar-refractivity contribution is -0.115. The number of carbonyl (C=O) groups is 1. The number of hydrogen-bond acceptors (Lipinski definition) is 7. The van der Waals surface area contributed by atoms with Crippen LogP contribution in [-0.2, 0) is 9.53 Å². The van der Waals surface area contributed by atoms with E-state index in [-0.39, 0.29) is 5.91 Å². The predicted molar refractivity (Wildman–Crippen MR) is 99.1 cm³/mol. The molecular weight excluding hydrogens is 338 g/mol. The number of nitrogen functional groups attached to an aromatic ring is 1. The lowest BCUT2D eigenvalue weighted by Gasteiger charge is -2.25. The van der Waals surface area contributed by atoms with E-state index in [9.17, 15) is 4.79 Å². The Morgan fingerprint density at radius 2 is 2.12 bits per heavy atom. The van der Waals surface area contributed by atoms with E-state index in [0.717, 1.165) is 42.3 Å². The number of hydrogen-bond donors (Lipinski definition) is 2. The quantitative estimate of drug-likeness (QED) is 0.792. The van der Waals surface area contributed by atoms with Gasteiger partial charge in [0.25, 0.3) is 0 Å². The molecule has 1 aliphatic heterocycles. The monoisotopic (exact) mass is 359 g/mol. The number of aromatic nitrogens is 2. The van der Waals surface area contributed by atoms with Gasteiger partial charge in [0, 0.05) is 37.5 Å². The summed E-state index contributed by atoms with van der Waals surface area (Å²) in [5.74, 6) is 0.973. The van der Waals surface area contributed by atoms with Crippen LogP contribution in [0.2, 0.25) is 0 Å². The molecule has 25 heavy (non-hydrogen) atoms. The highest BCUT2D eigenvalue weighted by molar-refractivity contribution is 7.97. The minimum atomic E-state index is -0.0661. The fourth-order valence-corrected chi connectivity index (χ4v) is 3.31. The molecule has 1 fully saturated rings. The first-order chi connectivity index (χ1) is 12.2. The molecule has 1 saturated heterocycles. The summed E-state index contributed by atoms with van der Waals surface area (Å²) in [4.78, 5) is 21.0. The molecule has 2 aromatic heterocycles. The van der Waals surface area contributed by atoms with Crippen LogP contribution in [0.1, 0.15) is 13.3 Å². The van der Waals surface area contributed by atoms with E-state index in [1.54, 1.807) is 31.3 Å². The zero-order valence-electron chi connectivity index (χ0n) is 14.1. The van der Waals surface area contributed by atoms with Crippen molar-refractivity contribution in [2.75, 3.05) is 37.4 Å². The Balaban J connectivity index is 1.81. The first kappa shape index (κ1) is 17.7. The van der Waals surface area contributed by atoms with Crippen LogP contribution in [0.5, 0.6) is 0 Å². The van der Waals surface area contributed by atoms with E-state index in [4.69, 9.17) is 10.5 Å². The average molecular weight is 359 g/mol. The summed E-state index contributed by atoms with van der Waals surface area (Å²) >= 11 is 1.60. The van der Waals surface area contributed by atoms with Crippen molar-refractivity contribution in [1.29, 1.82) is 0 Å². The maximum atomic E-state index is 11.6. The van der Waals surface area contributed by atoms with Crippen LogP contribution in [0.25, 0.3) is 11.1 Å². The van der Waals surface area contributed by atoms with Gasteiger partial charge >= 0.3 is 0 Å². The molecule has 2 aromatic rings. The molecule has 1 amide bonds. The number of pyridine rings is 2. The molecule has 0 atom stereocenters. The highest BCUT2D eigenvalue weighted by atomic mass is 32.2. The lowest BCUT2D eigenvalue weighted by atomic mass is 10.1. The standard InChI is InChI=1S/C17H21N5O2S/c1-2-16(23)21-15-10-12(3-4-19-15)13-9-14(17(18)20-11-13)25-22-5-7-24-8-6-22/h3-4,9-11H,2,5-8H2,1H3,(H2,18,20)(H,19,21,23). The highest BCUT2D eigenvalue weighted by Gasteiger charge is 2.15. The first-order valence-corrected chi connectivity index (χ1v) is 8.95. The molecule has 8 heteroatoms. The van der Waals surface area contributed by atoms with E-state index in [0.29, 0.717) is 18.1 Å². The van der Waals surface area contributed by atoms with E-state index in [1.807, 2.05) is 18.2 Å². The topological polar surface area (TPSA) is 93.4 Å². The third kappa shape index (κ3) is 4.68. The Kier molecular flexibility index (Phi) is 5.85. The summed E-state index contributed by atoms with van der Waals surface area (Å²) in [6.45, 7) is 4.97. The van der Waals surface area contributed by atoms with Crippen LogP contribution in [0.3, 0.4) is 0 Å². The van der Waals surface area contributed by atoms with Crippen molar-refractivity contribution in [2.24, 2.45) is 0 Å². The molecule has 7 nitrogen and oxygen atoms in total. The van der Waals surface area contributed by atoms with Gasteiger partial charge in [-0.05, 0) is 35.7 Å². The van der Waals surface area contributed by atoms with Crippen molar-refractivity contribution >= 4 is 29.5 Å². The van der Waals surface area contributed by atoms with E-state index >= 15 is 0 Å². The minimum Gasteiger partial charge on any atom is -0.383 e. The van der Waals surface area contributed by atoms with Gasteiger partial charge in [0.05, 0.1) is 18.1 Å². The lowest BCUT2D eigenvalue weighted by Crippen LogP contribution is -2.31. The second-order valence-corrected chi connectivity index (χ2v) is 6.71. The fourth-order valence-electron chi connectivity index (χ4n) is 2.37. The summed E-state index contributed by atoms with van der Waals surface area (Å²) < 4.78 is 7.59. The maximum absolute atomic E-state index is 11.6. The van der Waals surface area contributed by atoms with Crippen molar-refractivity contribution in [3.8, 4) is 11.1 Å². The van der Waals surface area contributed by atoms with Crippen LogP contribution in [0, 0.1) is 0 Å². The number of anilines is 2. The number of nitrogens with zero attached hydrogens (tertiary/aromatic N) is 3. The predicted octanol–water partition coefficient (Wildman–Crippen LogP) is 2.41. The first-order valence-electron chi connectivity index (χ1n) is 8.18. The van der Waals surface area contributed by atoms with Gasteiger partial charge in [0.1, 0.15) is 11.6 Å². The third-order valence-corrected chi connectivity index (χ3v) is 4.91. The van der Waals surface area contributed by atoms with Gasteiger partial charge in [-0.2, -0.15) is 0 Å². The number of nitrogens with one attached hydrogen (secondary N) is 1. The number of nitrogens with two attached hydrogens (primary N) is 1. The summed E-state index contributed by atoms with van der Waals surface area (Å²) in [7, 11) is 0. The van der Waals surface area contributed by atoms with Crippen LogP contribution in [-0.4, -0.2) is 46.5 Å². The average Bonchev–Trinajstić information content (AvgIpc) is 2.64. The second-order valence-electron chi connectivity index (χ2n) is 5.57. The number of amides is 1. The number of carbonyl (C=O) groups excluding carboxylic acids is 1. The van der Waals surface area contributed by atoms with Gasteiger partial charge in [0.15, 0.2) is 0 Å². The zero-order valence-corrected chi connectivity index (χ0v) is 14.9. The normalized spacial score (nSPS) is 15.1. The molecule has 0 aromatic carbocycles. The Morgan fingerprint density at radius 3 is 2.88 bits per heavy atom. The van der Waals surface area contributed by atoms with Crippen LogP contribution >= 0.6 is 11.9 Å². The van der Waals surface area contributed by atoms with E-state index in [1.165, 1.54) is 0 Å². The van der Waals surface area contributed by atoms with Crippen molar-refractivity contribution in [2.45, 2.75) is 18.2 Å². The van der Waals surface area contributed by atoms with Gasteiger partial charge in [-0.1, -0.05) is 6.92 Å². The van der Waals surface area contributed by atoms with Crippen LogP contribution in [0.15, 0.2) is 35.5 Å². The van der Waals surface area contributed by atoms with Crippen molar-refractivity contribution < 1.29 is 9.53 Å². The summed E-state index contributed by atoms with van der Waals surface area (Å²) in [6.07, 6.45) is 3.82. The molecule has 0 unspecified atom stereocenters.